The fourth-order valence-corrected chi connectivity index (χ4v) is 3.78. The zero-order chi connectivity index (χ0) is 21.4. The predicted molar refractivity (Wildman–Crippen MR) is 124 cm³/mol. The van der Waals surface area contributed by atoms with Crippen molar-refractivity contribution in [1.29, 1.82) is 0 Å². The van der Waals surface area contributed by atoms with Crippen molar-refractivity contribution in [3.8, 4) is 22.6 Å². The van der Waals surface area contributed by atoms with Gasteiger partial charge in [-0.25, -0.2) is 0 Å². The molecule has 154 valence electrons. The number of H-pyrrole nitrogens is 2. The smallest absolute Gasteiger partial charge is 0.116 e. The molecule has 0 saturated carbocycles. The number of fused-ring (bicyclic) bond motifs is 2. The number of rotatable bonds is 6. The van der Waals surface area contributed by atoms with E-state index in [0.29, 0.717) is 5.92 Å². The third-order valence-corrected chi connectivity index (χ3v) is 5.14. The van der Waals surface area contributed by atoms with Crippen LogP contribution in [0.25, 0.3) is 44.5 Å². The summed E-state index contributed by atoms with van der Waals surface area (Å²) in [6, 6.07) is 8.15. The number of aromatic nitrogens is 6. The summed E-state index contributed by atoms with van der Waals surface area (Å²) in [7, 11) is 0. The molecule has 0 saturated heterocycles. The molecule has 5 heterocycles. The van der Waals surface area contributed by atoms with E-state index in [1.54, 1.807) is 12.4 Å². The van der Waals surface area contributed by atoms with Crippen molar-refractivity contribution in [3.63, 3.8) is 0 Å². The van der Waals surface area contributed by atoms with Crippen LogP contribution < -0.4 is 5.32 Å². The second-order valence-corrected chi connectivity index (χ2v) is 8.12. The molecule has 7 heteroatoms. The molecular formula is C24H23N7. The van der Waals surface area contributed by atoms with Gasteiger partial charge in [0, 0.05) is 34.4 Å². The van der Waals surface area contributed by atoms with Gasteiger partial charge in [0.1, 0.15) is 5.69 Å². The number of anilines is 1. The van der Waals surface area contributed by atoms with Crippen LogP contribution in [0.2, 0.25) is 0 Å². The lowest BCUT2D eigenvalue weighted by atomic mass is 10.1. The van der Waals surface area contributed by atoms with E-state index in [1.807, 2.05) is 36.8 Å². The molecule has 0 atom stereocenters. The molecular weight excluding hydrogens is 386 g/mol. The van der Waals surface area contributed by atoms with Crippen LogP contribution in [0.5, 0.6) is 0 Å². The minimum absolute atomic E-state index is 0.542. The van der Waals surface area contributed by atoms with E-state index in [4.69, 9.17) is 0 Å². The molecule has 31 heavy (non-hydrogen) atoms. The molecule has 0 unspecified atom stereocenters. The third kappa shape index (κ3) is 3.77. The summed E-state index contributed by atoms with van der Waals surface area (Å²) in [5, 5.41) is 13.0. The number of aromatic amines is 2. The molecule has 0 aliphatic rings. The molecule has 0 radical (unpaired) electrons. The lowest BCUT2D eigenvalue weighted by molar-refractivity contribution is 0.645. The largest absolute Gasteiger partial charge is 0.358 e. The van der Waals surface area contributed by atoms with Gasteiger partial charge in [0.2, 0.25) is 0 Å². The van der Waals surface area contributed by atoms with E-state index < -0.39 is 0 Å². The Labute approximate surface area is 179 Å². The van der Waals surface area contributed by atoms with Crippen LogP contribution >= 0.6 is 0 Å². The normalized spacial score (nSPS) is 11.5. The molecule has 5 aromatic heterocycles. The highest BCUT2D eigenvalue weighted by atomic mass is 15.1. The molecule has 0 amide bonds. The molecule has 3 N–H and O–H groups in total. The highest BCUT2D eigenvalue weighted by Gasteiger charge is 2.13. The van der Waals surface area contributed by atoms with E-state index in [-0.39, 0.29) is 0 Å². The molecule has 0 bridgehead atoms. The number of nitrogens with one attached hydrogen (secondary N) is 3. The summed E-state index contributed by atoms with van der Waals surface area (Å²) >= 11 is 0. The summed E-state index contributed by atoms with van der Waals surface area (Å²) < 4.78 is 0. The fraction of sp³-hybridized carbons (Fsp3) is 0.167. The van der Waals surface area contributed by atoms with Crippen molar-refractivity contribution >= 4 is 27.5 Å². The van der Waals surface area contributed by atoms with Crippen LogP contribution in [0.4, 0.5) is 5.69 Å². The van der Waals surface area contributed by atoms with Crippen molar-refractivity contribution in [2.45, 2.75) is 20.3 Å². The van der Waals surface area contributed by atoms with Gasteiger partial charge < -0.3 is 10.3 Å². The SMILES string of the molecule is C=C(CC(C)C)Nc1cncc(-c2cc3c(-c4cc5ccncc5[nH]4)n[nH]c3cn2)c1. The molecule has 0 aromatic carbocycles. The zero-order valence-electron chi connectivity index (χ0n) is 17.5. The van der Waals surface area contributed by atoms with Crippen molar-refractivity contribution in [3.05, 3.63) is 67.5 Å². The highest BCUT2D eigenvalue weighted by Crippen LogP contribution is 2.31. The second-order valence-electron chi connectivity index (χ2n) is 8.12. The maximum absolute atomic E-state index is 4.61. The lowest BCUT2D eigenvalue weighted by Gasteiger charge is -2.12. The minimum atomic E-state index is 0.542. The standard InChI is InChI=1S/C24H23N7/c1-14(2)6-15(3)28-18-7-17(10-26-11-18)20-9-19-23(13-27-20)30-31-24(19)21-8-16-4-5-25-12-22(16)29-21/h4-5,7-14,28-29H,3,6H2,1-2H3,(H,30,31). The molecule has 0 spiro atoms. The number of hydrogen-bond acceptors (Lipinski definition) is 5. The second kappa shape index (κ2) is 7.68. The first-order chi connectivity index (χ1) is 15.1. The molecule has 5 rings (SSSR count). The van der Waals surface area contributed by atoms with E-state index in [9.17, 15) is 0 Å². The first-order valence-electron chi connectivity index (χ1n) is 10.2. The van der Waals surface area contributed by atoms with Crippen LogP contribution in [0.15, 0.2) is 67.5 Å². The van der Waals surface area contributed by atoms with E-state index >= 15 is 0 Å². The molecule has 0 aliphatic heterocycles. The van der Waals surface area contributed by atoms with Crippen molar-refractivity contribution in [2.75, 3.05) is 5.32 Å². The number of nitrogens with zero attached hydrogens (tertiary/aromatic N) is 4. The summed E-state index contributed by atoms with van der Waals surface area (Å²) in [6.45, 7) is 8.46. The van der Waals surface area contributed by atoms with Crippen molar-refractivity contribution in [2.24, 2.45) is 5.92 Å². The van der Waals surface area contributed by atoms with E-state index in [2.05, 4.69) is 61.9 Å². The Hall–Kier alpha value is -4.00. The minimum Gasteiger partial charge on any atom is -0.358 e. The van der Waals surface area contributed by atoms with Gasteiger partial charge >= 0.3 is 0 Å². The summed E-state index contributed by atoms with van der Waals surface area (Å²) in [6.07, 6.45) is 9.94. The van der Waals surface area contributed by atoms with Crippen LogP contribution in [0.1, 0.15) is 20.3 Å². The van der Waals surface area contributed by atoms with Crippen molar-refractivity contribution in [1.82, 2.24) is 30.1 Å². The first-order valence-corrected chi connectivity index (χ1v) is 10.2. The van der Waals surface area contributed by atoms with Gasteiger partial charge in [-0.05, 0) is 36.6 Å². The maximum Gasteiger partial charge on any atom is 0.116 e. The Balaban J connectivity index is 1.51. The lowest BCUT2D eigenvalue weighted by Crippen LogP contribution is -2.02. The number of hydrogen-bond donors (Lipinski definition) is 3. The Morgan fingerprint density at radius 2 is 1.97 bits per heavy atom. The monoisotopic (exact) mass is 409 g/mol. The molecule has 0 aliphatic carbocycles. The zero-order valence-corrected chi connectivity index (χ0v) is 17.5. The number of allylic oxidation sites excluding steroid dienone is 1. The molecule has 7 nitrogen and oxygen atoms in total. The van der Waals surface area contributed by atoms with Gasteiger partial charge in [0.05, 0.1) is 46.7 Å². The summed E-state index contributed by atoms with van der Waals surface area (Å²) in [4.78, 5) is 16.6. The van der Waals surface area contributed by atoms with Gasteiger partial charge in [0.15, 0.2) is 0 Å². The summed E-state index contributed by atoms with van der Waals surface area (Å²) in [5.41, 5.74) is 7.28. The Bertz CT molecular complexity index is 1360. The van der Waals surface area contributed by atoms with Crippen molar-refractivity contribution < 1.29 is 0 Å². The Kier molecular flexibility index (Phi) is 4.71. The van der Waals surface area contributed by atoms with Gasteiger partial charge in [0.25, 0.3) is 0 Å². The van der Waals surface area contributed by atoms with Crippen LogP contribution in [-0.4, -0.2) is 30.1 Å². The van der Waals surface area contributed by atoms with Crippen LogP contribution in [0.3, 0.4) is 0 Å². The first kappa shape index (κ1) is 19.0. The van der Waals surface area contributed by atoms with E-state index in [1.165, 1.54) is 0 Å². The number of pyridine rings is 3. The van der Waals surface area contributed by atoms with Crippen LogP contribution in [0, 0.1) is 5.92 Å². The third-order valence-electron chi connectivity index (χ3n) is 5.14. The molecule has 0 fully saturated rings. The quantitative estimate of drug-likeness (QED) is 0.342. The summed E-state index contributed by atoms with van der Waals surface area (Å²) in [5.74, 6) is 0.542. The average molecular weight is 409 g/mol. The molecule has 5 aromatic rings. The predicted octanol–water partition coefficient (Wildman–Crippen LogP) is 5.53. The van der Waals surface area contributed by atoms with E-state index in [0.717, 1.165) is 62.3 Å². The van der Waals surface area contributed by atoms with Gasteiger partial charge in [-0.1, -0.05) is 20.4 Å². The van der Waals surface area contributed by atoms with Gasteiger partial charge in [-0.2, -0.15) is 5.10 Å². The van der Waals surface area contributed by atoms with Crippen LogP contribution in [-0.2, 0) is 0 Å². The van der Waals surface area contributed by atoms with Gasteiger partial charge in [-0.3, -0.25) is 20.1 Å². The fourth-order valence-electron chi connectivity index (χ4n) is 3.78. The average Bonchev–Trinajstić information content (AvgIpc) is 3.36. The topological polar surface area (TPSA) is 95.2 Å². The maximum atomic E-state index is 4.61. The highest BCUT2D eigenvalue weighted by molar-refractivity contribution is 5.96. The Morgan fingerprint density at radius 1 is 1.06 bits per heavy atom. The van der Waals surface area contributed by atoms with Gasteiger partial charge in [-0.15, -0.1) is 0 Å². The Morgan fingerprint density at radius 3 is 2.81 bits per heavy atom.